The van der Waals surface area contributed by atoms with E-state index in [4.69, 9.17) is 4.74 Å². The summed E-state index contributed by atoms with van der Waals surface area (Å²) in [5.41, 5.74) is 1.12. The summed E-state index contributed by atoms with van der Waals surface area (Å²) >= 11 is 1.39. The summed E-state index contributed by atoms with van der Waals surface area (Å²) < 4.78 is 34.5. The lowest BCUT2D eigenvalue weighted by Crippen LogP contribution is -2.45. The summed E-state index contributed by atoms with van der Waals surface area (Å²) in [7, 11) is 0. The van der Waals surface area contributed by atoms with Crippen molar-refractivity contribution in [2.24, 2.45) is 0 Å². The molecule has 0 saturated carbocycles. The van der Waals surface area contributed by atoms with E-state index in [1.165, 1.54) is 16.3 Å². The zero-order valence-corrected chi connectivity index (χ0v) is 16.5. The standard InChI is InChI=1S/C19H21F2N5OS/c1-3-12-11-27-9-8-25(12)15-10-16(24-19(23-15)28-2)26-14-7-5-4-6-13(14)22-18(26)17(20)21/h4-7,10,12,17H,3,8-9,11H2,1-2H3/t12-/m1/s1. The van der Waals surface area contributed by atoms with Gasteiger partial charge in [0, 0.05) is 12.6 Å². The van der Waals surface area contributed by atoms with E-state index in [1.807, 2.05) is 12.3 Å². The van der Waals surface area contributed by atoms with Crippen LogP contribution in [0.5, 0.6) is 0 Å². The van der Waals surface area contributed by atoms with Crippen LogP contribution in [0.4, 0.5) is 14.6 Å². The van der Waals surface area contributed by atoms with Crippen molar-refractivity contribution in [2.75, 3.05) is 30.9 Å². The molecule has 9 heteroatoms. The maximum Gasteiger partial charge on any atom is 0.296 e. The van der Waals surface area contributed by atoms with Gasteiger partial charge in [-0.3, -0.25) is 4.57 Å². The number of halogens is 2. The van der Waals surface area contributed by atoms with E-state index >= 15 is 0 Å². The minimum absolute atomic E-state index is 0.195. The number of ether oxygens (including phenoxy) is 1. The van der Waals surface area contributed by atoms with Crippen molar-refractivity contribution in [3.05, 3.63) is 36.2 Å². The highest BCUT2D eigenvalue weighted by Gasteiger charge is 2.26. The molecule has 0 unspecified atom stereocenters. The van der Waals surface area contributed by atoms with Crippen molar-refractivity contribution in [1.82, 2.24) is 19.5 Å². The number of alkyl halides is 2. The molecular weight excluding hydrogens is 384 g/mol. The number of para-hydroxylation sites is 2. The molecule has 1 atom stereocenters. The van der Waals surface area contributed by atoms with E-state index in [0.717, 1.165) is 12.2 Å². The van der Waals surface area contributed by atoms with E-state index in [1.54, 1.807) is 24.3 Å². The topological polar surface area (TPSA) is 56.1 Å². The molecule has 1 saturated heterocycles. The Bertz CT molecular complexity index is 980. The van der Waals surface area contributed by atoms with Crippen LogP contribution in [0.3, 0.4) is 0 Å². The summed E-state index contributed by atoms with van der Waals surface area (Å²) in [6.45, 7) is 4.04. The summed E-state index contributed by atoms with van der Waals surface area (Å²) in [5.74, 6) is 0.814. The highest BCUT2D eigenvalue weighted by atomic mass is 32.2. The van der Waals surface area contributed by atoms with Gasteiger partial charge in [0.25, 0.3) is 6.43 Å². The molecule has 0 aliphatic carbocycles. The molecule has 0 radical (unpaired) electrons. The van der Waals surface area contributed by atoms with Crippen LogP contribution in [0, 0.1) is 0 Å². The van der Waals surface area contributed by atoms with E-state index in [0.29, 0.717) is 41.8 Å². The fourth-order valence-electron chi connectivity index (χ4n) is 3.48. The monoisotopic (exact) mass is 405 g/mol. The van der Waals surface area contributed by atoms with E-state index in [9.17, 15) is 8.78 Å². The Kier molecular flexibility index (Phi) is 5.45. The van der Waals surface area contributed by atoms with Gasteiger partial charge in [0.05, 0.1) is 30.3 Å². The van der Waals surface area contributed by atoms with Crippen LogP contribution in [-0.2, 0) is 4.74 Å². The number of hydrogen-bond acceptors (Lipinski definition) is 6. The zero-order chi connectivity index (χ0) is 19.7. The third kappa shape index (κ3) is 3.44. The van der Waals surface area contributed by atoms with Crippen LogP contribution in [0.15, 0.2) is 35.5 Å². The zero-order valence-electron chi connectivity index (χ0n) is 15.7. The third-order valence-electron chi connectivity index (χ3n) is 4.87. The molecule has 1 aliphatic rings. The molecule has 0 amide bonds. The van der Waals surface area contributed by atoms with Crippen molar-refractivity contribution in [3.63, 3.8) is 0 Å². The van der Waals surface area contributed by atoms with E-state index in [2.05, 4.69) is 26.8 Å². The molecule has 3 aromatic rings. The molecule has 3 heterocycles. The first-order valence-corrected chi connectivity index (χ1v) is 10.4. The summed E-state index contributed by atoms with van der Waals surface area (Å²) in [6.07, 6.45) is 0.0689. The van der Waals surface area contributed by atoms with Gasteiger partial charge < -0.3 is 9.64 Å². The number of nitrogens with zero attached hydrogens (tertiary/aromatic N) is 5. The minimum atomic E-state index is -2.71. The SMILES string of the molecule is CC[C@@H]1COCCN1c1cc(-n2c(C(F)F)nc3ccccc32)nc(SC)n1. The molecule has 6 nitrogen and oxygen atoms in total. The first kappa shape index (κ1) is 19.1. The van der Waals surface area contributed by atoms with Gasteiger partial charge in [-0.2, -0.15) is 0 Å². The fraction of sp³-hybridized carbons (Fsp3) is 0.421. The number of thioether (sulfide) groups is 1. The van der Waals surface area contributed by atoms with E-state index < -0.39 is 6.43 Å². The Morgan fingerprint density at radius 3 is 2.75 bits per heavy atom. The average Bonchev–Trinajstić information content (AvgIpc) is 3.13. The number of rotatable bonds is 5. The molecule has 1 aromatic carbocycles. The highest BCUT2D eigenvalue weighted by Crippen LogP contribution is 2.30. The largest absolute Gasteiger partial charge is 0.377 e. The molecule has 0 N–H and O–H groups in total. The molecular formula is C19H21F2N5OS. The Balaban J connectivity index is 1.89. The normalized spacial score (nSPS) is 17.6. The molecule has 28 heavy (non-hydrogen) atoms. The molecule has 4 rings (SSSR count). The molecule has 0 bridgehead atoms. The van der Waals surface area contributed by atoms with Gasteiger partial charge in [0.15, 0.2) is 11.0 Å². The number of imidazole rings is 1. The van der Waals surface area contributed by atoms with Crippen LogP contribution in [0.1, 0.15) is 25.6 Å². The van der Waals surface area contributed by atoms with Crippen molar-refractivity contribution in [2.45, 2.75) is 31.0 Å². The number of aromatic nitrogens is 4. The van der Waals surface area contributed by atoms with Gasteiger partial charge in [-0.1, -0.05) is 30.8 Å². The second-order valence-electron chi connectivity index (χ2n) is 6.50. The van der Waals surface area contributed by atoms with Crippen LogP contribution in [0.2, 0.25) is 0 Å². The molecule has 0 spiro atoms. The first-order valence-electron chi connectivity index (χ1n) is 9.15. The third-order valence-corrected chi connectivity index (χ3v) is 5.41. The number of morpholine rings is 1. The van der Waals surface area contributed by atoms with Crippen molar-refractivity contribution in [3.8, 4) is 5.82 Å². The number of fused-ring (bicyclic) bond motifs is 1. The lowest BCUT2D eigenvalue weighted by molar-refractivity contribution is 0.0925. The van der Waals surface area contributed by atoms with Gasteiger partial charge >= 0.3 is 0 Å². The smallest absolute Gasteiger partial charge is 0.296 e. The van der Waals surface area contributed by atoms with Crippen LogP contribution < -0.4 is 4.90 Å². The number of anilines is 1. The minimum Gasteiger partial charge on any atom is -0.377 e. The average molecular weight is 405 g/mol. The lowest BCUT2D eigenvalue weighted by Gasteiger charge is -2.36. The summed E-state index contributed by atoms with van der Waals surface area (Å²) in [6, 6.07) is 9.06. The first-order chi connectivity index (χ1) is 13.6. The molecule has 1 fully saturated rings. The Labute approximate surface area is 165 Å². The van der Waals surface area contributed by atoms with Gasteiger partial charge in [-0.05, 0) is 24.8 Å². The molecule has 2 aromatic heterocycles. The van der Waals surface area contributed by atoms with Gasteiger partial charge in [0.1, 0.15) is 11.6 Å². The molecule has 148 valence electrons. The van der Waals surface area contributed by atoms with Crippen LogP contribution >= 0.6 is 11.8 Å². The predicted molar refractivity (Wildman–Crippen MR) is 106 cm³/mol. The Morgan fingerprint density at radius 2 is 2.00 bits per heavy atom. The van der Waals surface area contributed by atoms with Crippen LogP contribution in [0.25, 0.3) is 16.9 Å². The second-order valence-corrected chi connectivity index (χ2v) is 7.27. The second kappa shape index (κ2) is 8.00. The van der Waals surface area contributed by atoms with Crippen molar-refractivity contribution < 1.29 is 13.5 Å². The fourth-order valence-corrected chi connectivity index (χ4v) is 3.85. The number of benzene rings is 1. The van der Waals surface area contributed by atoms with Gasteiger partial charge in [-0.25, -0.2) is 23.7 Å². The Hall–Kier alpha value is -2.26. The van der Waals surface area contributed by atoms with Gasteiger partial charge in [-0.15, -0.1) is 0 Å². The maximum atomic E-state index is 13.7. The van der Waals surface area contributed by atoms with Gasteiger partial charge in [0.2, 0.25) is 0 Å². The lowest BCUT2D eigenvalue weighted by atomic mass is 10.2. The maximum absolute atomic E-state index is 13.7. The van der Waals surface area contributed by atoms with Crippen molar-refractivity contribution >= 4 is 28.6 Å². The quantitative estimate of drug-likeness (QED) is 0.471. The summed E-state index contributed by atoms with van der Waals surface area (Å²) in [5, 5.41) is 0.534. The van der Waals surface area contributed by atoms with E-state index in [-0.39, 0.29) is 11.9 Å². The Morgan fingerprint density at radius 1 is 1.21 bits per heavy atom. The summed E-state index contributed by atoms with van der Waals surface area (Å²) in [4.78, 5) is 15.5. The number of hydrogen-bond donors (Lipinski definition) is 0. The highest BCUT2D eigenvalue weighted by molar-refractivity contribution is 7.98. The van der Waals surface area contributed by atoms with Crippen LogP contribution in [-0.4, -0.2) is 51.6 Å². The predicted octanol–water partition coefficient (Wildman–Crippen LogP) is 4.09. The molecule has 1 aliphatic heterocycles. The van der Waals surface area contributed by atoms with Crippen molar-refractivity contribution in [1.29, 1.82) is 0 Å².